The number of methoxy groups -OCH3 is 2. The highest BCUT2D eigenvalue weighted by molar-refractivity contribution is 5.75. The molecule has 2 rings (SSSR count). The molecule has 0 aliphatic carbocycles. The minimum Gasteiger partial charge on any atom is -0.504 e. The lowest BCUT2D eigenvalue weighted by Crippen LogP contribution is -2.07. The van der Waals surface area contributed by atoms with Crippen LogP contribution in [0.25, 0.3) is 5.57 Å². The highest BCUT2D eigenvalue weighted by Crippen LogP contribution is 2.38. The molecule has 0 saturated heterocycles. The van der Waals surface area contributed by atoms with Crippen LogP contribution in [0.1, 0.15) is 5.56 Å². The zero-order valence-electron chi connectivity index (χ0n) is 9.32. The van der Waals surface area contributed by atoms with Crippen LogP contribution in [0.2, 0.25) is 0 Å². The van der Waals surface area contributed by atoms with E-state index in [1.807, 2.05) is 6.08 Å². The normalized spacial score (nSPS) is 13.8. The van der Waals surface area contributed by atoms with Gasteiger partial charge in [-0.3, -0.25) is 0 Å². The van der Waals surface area contributed by atoms with Crippen molar-refractivity contribution in [2.45, 2.75) is 0 Å². The van der Waals surface area contributed by atoms with Crippen molar-refractivity contribution in [1.29, 1.82) is 0 Å². The number of ether oxygens (including phenoxy) is 3. The first kappa shape index (κ1) is 10.8. The van der Waals surface area contributed by atoms with Crippen molar-refractivity contribution in [1.82, 2.24) is 0 Å². The maximum atomic E-state index is 9.63. The van der Waals surface area contributed by atoms with E-state index in [4.69, 9.17) is 14.2 Å². The number of phenolic OH excluding ortho intramolecular Hbond substituents is 1. The average molecular weight is 222 g/mol. The van der Waals surface area contributed by atoms with Crippen LogP contribution in [-0.2, 0) is 4.74 Å². The molecule has 0 radical (unpaired) electrons. The van der Waals surface area contributed by atoms with Crippen LogP contribution in [0.15, 0.2) is 18.2 Å². The van der Waals surface area contributed by atoms with Crippen molar-refractivity contribution in [2.24, 2.45) is 0 Å². The van der Waals surface area contributed by atoms with Crippen LogP contribution in [-0.4, -0.2) is 32.5 Å². The van der Waals surface area contributed by atoms with E-state index >= 15 is 0 Å². The molecule has 4 nitrogen and oxygen atoms in total. The van der Waals surface area contributed by atoms with Crippen molar-refractivity contribution in [3.05, 3.63) is 23.8 Å². The summed E-state index contributed by atoms with van der Waals surface area (Å²) in [5, 5.41) is 9.63. The molecule has 0 fully saturated rings. The largest absolute Gasteiger partial charge is 0.504 e. The minimum absolute atomic E-state index is 0.0833. The maximum absolute atomic E-state index is 9.63. The van der Waals surface area contributed by atoms with Crippen LogP contribution < -0.4 is 9.47 Å². The molecule has 1 N–H and O–H groups in total. The number of phenols is 1. The Morgan fingerprint density at radius 1 is 1.38 bits per heavy atom. The van der Waals surface area contributed by atoms with E-state index in [-0.39, 0.29) is 5.75 Å². The molecule has 4 heteroatoms. The summed E-state index contributed by atoms with van der Waals surface area (Å²) >= 11 is 0. The second-order valence-corrected chi connectivity index (χ2v) is 3.49. The van der Waals surface area contributed by atoms with Gasteiger partial charge in [0.05, 0.1) is 13.7 Å². The van der Waals surface area contributed by atoms with Crippen molar-refractivity contribution in [2.75, 3.05) is 27.4 Å². The van der Waals surface area contributed by atoms with E-state index in [1.165, 1.54) is 7.11 Å². The van der Waals surface area contributed by atoms with Gasteiger partial charge in [-0.1, -0.05) is 0 Å². The van der Waals surface area contributed by atoms with E-state index in [0.717, 1.165) is 11.1 Å². The average Bonchev–Trinajstić information content (AvgIpc) is 2.29. The quantitative estimate of drug-likeness (QED) is 0.847. The zero-order chi connectivity index (χ0) is 11.5. The number of hydrogen-bond donors (Lipinski definition) is 1. The molecule has 0 amide bonds. The Kier molecular flexibility index (Phi) is 3.01. The highest BCUT2D eigenvalue weighted by Gasteiger charge is 2.17. The molecule has 0 aromatic heterocycles. The van der Waals surface area contributed by atoms with Crippen LogP contribution in [0.3, 0.4) is 0 Å². The van der Waals surface area contributed by atoms with Gasteiger partial charge in [0.1, 0.15) is 12.4 Å². The van der Waals surface area contributed by atoms with Crippen LogP contribution in [0.4, 0.5) is 0 Å². The molecule has 0 atom stereocenters. The lowest BCUT2D eigenvalue weighted by Gasteiger charge is -2.19. The number of benzene rings is 1. The molecule has 0 spiro atoms. The van der Waals surface area contributed by atoms with Gasteiger partial charge in [0, 0.05) is 18.7 Å². The number of hydrogen-bond acceptors (Lipinski definition) is 4. The third kappa shape index (κ3) is 1.84. The first-order valence-corrected chi connectivity index (χ1v) is 4.98. The molecular formula is C12H14O4. The summed E-state index contributed by atoms with van der Waals surface area (Å²) in [6.45, 7) is 1.02. The molecule has 86 valence electrons. The van der Waals surface area contributed by atoms with Gasteiger partial charge in [-0.05, 0) is 17.7 Å². The first-order valence-electron chi connectivity index (χ1n) is 4.98. The van der Waals surface area contributed by atoms with Crippen molar-refractivity contribution >= 4 is 5.57 Å². The zero-order valence-corrected chi connectivity index (χ0v) is 9.32. The van der Waals surface area contributed by atoms with E-state index in [0.29, 0.717) is 24.7 Å². The molecule has 1 aliphatic heterocycles. The third-order valence-electron chi connectivity index (χ3n) is 2.50. The summed E-state index contributed by atoms with van der Waals surface area (Å²) in [5.41, 5.74) is 1.95. The Labute approximate surface area is 94.1 Å². The molecule has 1 heterocycles. The molecule has 1 aromatic rings. The first-order chi connectivity index (χ1) is 7.76. The number of fused-ring (bicyclic) bond motifs is 1. The minimum atomic E-state index is 0.0833. The molecule has 16 heavy (non-hydrogen) atoms. The summed E-state index contributed by atoms with van der Waals surface area (Å²) in [4.78, 5) is 0. The van der Waals surface area contributed by atoms with Gasteiger partial charge >= 0.3 is 0 Å². The van der Waals surface area contributed by atoms with Crippen LogP contribution >= 0.6 is 0 Å². The smallest absolute Gasteiger partial charge is 0.161 e. The summed E-state index contributed by atoms with van der Waals surface area (Å²) < 4.78 is 15.6. The van der Waals surface area contributed by atoms with E-state index < -0.39 is 0 Å². The summed E-state index contributed by atoms with van der Waals surface area (Å²) in [7, 11) is 3.17. The SMILES string of the molecule is COCC1=CCOc2cc(O)c(OC)cc21. The van der Waals surface area contributed by atoms with Crippen LogP contribution in [0.5, 0.6) is 17.2 Å². The predicted molar refractivity (Wildman–Crippen MR) is 60.0 cm³/mol. The summed E-state index contributed by atoms with van der Waals surface area (Å²) in [5.74, 6) is 1.18. The van der Waals surface area contributed by atoms with Gasteiger partial charge in [-0.15, -0.1) is 0 Å². The van der Waals surface area contributed by atoms with Gasteiger partial charge < -0.3 is 19.3 Å². The Balaban J connectivity index is 2.45. The van der Waals surface area contributed by atoms with Crippen molar-refractivity contribution in [3.63, 3.8) is 0 Å². The topological polar surface area (TPSA) is 47.9 Å². The maximum Gasteiger partial charge on any atom is 0.161 e. The van der Waals surface area contributed by atoms with E-state index in [1.54, 1.807) is 19.2 Å². The molecule has 0 unspecified atom stereocenters. The Bertz CT molecular complexity index is 423. The van der Waals surface area contributed by atoms with Gasteiger partial charge in [0.25, 0.3) is 0 Å². The second-order valence-electron chi connectivity index (χ2n) is 3.49. The monoisotopic (exact) mass is 222 g/mol. The highest BCUT2D eigenvalue weighted by atomic mass is 16.5. The molecule has 1 aromatic carbocycles. The third-order valence-corrected chi connectivity index (χ3v) is 2.50. The predicted octanol–water partition coefficient (Wildman–Crippen LogP) is 1.82. The Morgan fingerprint density at radius 2 is 2.19 bits per heavy atom. The number of rotatable bonds is 3. The van der Waals surface area contributed by atoms with E-state index in [2.05, 4.69) is 0 Å². The van der Waals surface area contributed by atoms with E-state index in [9.17, 15) is 5.11 Å². The fourth-order valence-corrected chi connectivity index (χ4v) is 1.72. The lowest BCUT2D eigenvalue weighted by atomic mass is 10.0. The Hall–Kier alpha value is -1.68. The summed E-state index contributed by atoms with van der Waals surface area (Å²) in [6.07, 6.45) is 1.96. The lowest BCUT2D eigenvalue weighted by molar-refractivity contribution is 0.237. The molecule has 0 saturated carbocycles. The van der Waals surface area contributed by atoms with Gasteiger partial charge in [0.2, 0.25) is 0 Å². The number of aromatic hydroxyl groups is 1. The fourth-order valence-electron chi connectivity index (χ4n) is 1.72. The van der Waals surface area contributed by atoms with Crippen LogP contribution in [0, 0.1) is 0 Å². The van der Waals surface area contributed by atoms with Gasteiger partial charge in [-0.25, -0.2) is 0 Å². The molecule has 1 aliphatic rings. The van der Waals surface area contributed by atoms with Gasteiger partial charge in [-0.2, -0.15) is 0 Å². The summed E-state index contributed by atoms with van der Waals surface area (Å²) in [6, 6.07) is 3.32. The molecular weight excluding hydrogens is 208 g/mol. The van der Waals surface area contributed by atoms with Gasteiger partial charge in [0.15, 0.2) is 11.5 Å². The molecule has 0 bridgehead atoms. The Morgan fingerprint density at radius 3 is 2.88 bits per heavy atom. The fraction of sp³-hybridized carbons (Fsp3) is 0.333. The van der Waals surface area contributed by atoms with Crippen molar-refractivity contribution < 1.29 is 19.3 Å². The van der Waals surface area contributed by atoms with Crippen molar-refractivity contribution in [3.8, 4) is 17.2 Å². The second kappa shape index (κ2) is 4.45. The standard InChI is InChI=1S/C12H14O4/c1-14-7-8-3-4-16-11-6-10(13)12(15-2)5-9(8)11/h3,5-6,13H,4,7H2,1-2H3.